The minimum Gasteiger partial charge on any atom is -0.497 e. The molecule has 9 nitrogen and oxygen atoms in total. The molecule has 0 aliphatic rings. The lowest BCUT2D eigenvalue weighted by molar-refractivity contribution is -0.384. The van der Waals surface area contributed by atoms with Gasteiger partial charge in [-0.2, -0.15) is 4.31 Å². The van der Waals surface area contributed by atoms with Crippen molar-refractivity contribution >= 4 is 27.3 Å². The Labute approximate surface area is 185 Å². The molecule has 0 bridgehead atoms. The summed E-state index contributed by atoms with van der Waals surface area (Å²) in [5.41, 5.74) is 0.849. The van der Waals surface area contributed by atoms with Crippen LogP contribution in [0.25, 0.3) is 0 Å². The quantitative estimate of drug-likeness (QED) is 0.375. The number of non-ortho nitro benzene ring substituents is 1. The number of carbonyl (C=O) groups is 1. The lowest BCUT2D eigenvalue weighted by atomic mass is 10.2. The van der Waals surface area contributed by atoms with Crippen LogP contribution in [-0.4, -0.2) is 33.0 Å². The summed E-state index contributed by atoms with van der Waals surface area (Å²) in [6.45, 7) is 1.22. The summed E-state index contributed by atoms with van der Waals surface area (Å²) >= 11 is 0. The average Bonchev–Trinajstić information content (AvgIpc) is 2.78. The molecular formula is C22H20N2O7S. The normalized spacial score (nSPS) is 10.9. The molecule has 32 heavy (non-hydrogen) atoms. The fraction of sp³-hybridized carbons (Fsp3) is 0.136. The van der Waals surface area contributed by atoms with Crippen LogP contribution in [0, 0.1) is 17.0 Å². The number of anilines is 1. The average molecular weight is 456 g/mol. The summed E-state index contributed by atoms with van der Waals surface area (Å²) in [6, 6.07) is 17.2. The van der Waals surface area contributed by atoms with Gasteiger partial charge in [-0.05, 0) is 55.5 Å². The van der Waals surface area contributed by atoms with Crippen molar-refractivity contribution in [3.05, 3.63) is 88.5 Å². The lowest BCUT2D eigenvalue weighted by Crippen LogP contribution is -2.40. The first-order valence-corrected chi connectivity index (χ1v) is 10.8. The molecule has 0 heterocycles. The molecule has 0 aliphatic carbocycles. The maximum Gasteiger partial charge on any atom is 0.278 e. The fourth-order valence-corrected chi connectivity index (χ4v) is 4.23. The Kier molecular flexibility index (Phi) is 6.74. The molecule has 0 unspecified atom stereocenters. The van der Waals surface area contributed by atoms with Gasteiger partial charge in [0.2, 0.25) is 0 Å². The number of benzene rings is 3. The van der Waals surface area contributed by atoms with Crippen LogP contribution in [0.1, 0.15) is 5.56 Å². The van der Waals surface area contributed by atoms with E-state index in [0.717, 1.165) is 5.56 Å². The number of nitro groups is 1. The SMILES string of the molecule is COc1ccc(N(C(=O)COc2ccc([N+](=O)[O-])cc2)S(=O)(=O)c2ccc(C)cc2)cc1. The third-order valence-corrected chi connectivity index (χ3v) is 6.27. The van der Waals surface area contributed by atoms with Gasteiger partial charge in [-0.25, -0.2) is 8.42 Å². The molecule has 0 saturated heterocycles. The topological polar surface area (TPSA) is 116 Å². The fourth-order valence-electron chi connectivity index (χ4n) is 2.82. The van der Waals surface area contributed by atoms with E-state index in [9.17, 15) is 23.3 Å². The van der Waals surface area contributed by atoms with Gasteiger partial charge in [0.15, 0.2) is 6.61 Å². The smallest absolute Gasteiger partial charge is 0.278 e. The van der Waals surface area contributed by atoms with Crippen LogP contribution in [0.2, 0.25) is 0 Å². The molecule has 0 saturated carbocycles. The Hall–Kier alpha value is -3.92. The molecule has 166 valence electrons. The van der Waals surface area contributed by atoms with Gasteiger partial charge in [0, 0.05) is 12.1 Å². The summed E-state index contributed by atoms with van der Waals surface area (Å²) in [5.74, 6) is -0.156. The van der Waals surface area contributed by atoms with Crippen LogP contribution in [0.5, 0.6) is 11.5 Å². The minimum absolute atomic E-state index is 0.0531. The van der Waals surface area contributed by atoms with Crippen LogP contribution >= 0.6 is 0 Å². The summed E-state index contributed by atoms with van der Waals surface area (Å²) in [7, 11) is -2.77. The molecule has 0 aliphatic heterocycles. The first kappa shape index (κ1) is 22.8. The lowest BCUT2D eigenvalue weighted by Gasteiger charge is -2.23. The first-order chi connectivity index (χ1) is 15.2. The van der Waals surface area contributed by atoms with Crippen molar-refractivity contribution in [2.75, 3.05) is 18.0 Å². The zero-order chi connectivity index (χ0) is 23.3. The third-order valence-electron chi connectivity index (χ3n) is 4.50. The maximum absolute atomic E-state index is 13.3. The van der Waals surface area contributed by atoms with E-state index in [2.05, 4.69) is 0 Å². The number of rotatable bonds is 8. The van der Waals surface area contributed by atoms with Gasteiger partial charge in [-0.1, -0.05) is 17.7 Å². The zero-order valence-corrected chi connectivity index (χ0v) is 18.1. The minimum atomic E-state index is -4.24. The second-order valence-electron chi connectivity index (χ2n) is 6.71. The van der Waals surface area contributed by atoms with Crippen LogP contribution in [-0.2, 0) is 14.8 Å². The van der Waals surface area contributed by atoms with Gasteiger partial charge in [0.25, 0.3) is 21.6 Å². The van der Waals surface area contributed by atoms with Gasteiger partial charge in [-0.3, -0.25) is 14.9 Å². The highest BCUT2D eigenvalue weighted by Crippen LogP contribution is 2.27. The monoisotopic (exact) mass is 456 g/mol. The van der Waals surface area contributed by atoms with Gasteiger partial charge in [0.05, 0.1) is 22.6 Å². The largest absolute Gasteiger partial charge is 0.497 e. The van der Waals surface area contributed by atoms with E-state index in [1.165, 1.54) is 67.8 Å². The predicted octanol–water partition coefficient (Wildman–Crippen LogP) is 3.71. The highest BCUT2D eigenvalue weighted by Gasteiger charge is 2.31. The molecule has 0 aromatic heterocycles. The molecule has 3 rings (SSSR count). The molecule has 0 N–H and O–H groups in total. The number of sulfonamides is 1. The Morgan fingerprint density at radius 3 is 2.03 bits per heavy atom. The van der Waals surface area contributed by atoms with Crippen LogP contribution in [0.15, 0.2) is 77.7 Å². The number of hydrogen-bond donors (Lipinski definition) is 0. The third kappa shape index (κ3) is 5.03. The molecule has 0 spiro atoms. The molecule has 0 fully saturated rings. The molecule has 0 radical (unpaired) electrons. The number of aryl methyl sites for hydroxylation is 1. The highest BCUT2D eigenvalue weighted by molar-refractivity contribution is 7.93. The van der Waals surface area contributed by atoms with E-state index in [1.807, 2.05) is 6.92 Å². The number of nitro benzene ring substituents is 1. The summed E-state index contributed by atoms with van der Waals surface area (Å²) in [4.78, 5) is 23.2. The standard InChI is InChI=1S/C22H20N2O7S/c1-16-3-13-21(14-4-16)32(28,29)23(17-5-9-19(30-2)10-6-17)22(25)15-31-20-11-7-18(8-12-20)24(26)27/h3-14H,15H2,1-2H3. The Bertz CT molecular complexity index is 1210. The summed E-state index contributed by atoms with van der Waals surface area (Å²) in [5, 5.41) is 10.8. The number of hydrogen-bond acceptors (Lipinski definition) is 7. The summed E-state index contributed by atoms with van der Waals surface area (Å²) < 4.78 is 37.8. The van der Waals surface area contributed by atoms with E-state index >= 15 is 0 Å². The van der Waals surface area contributed by atoms with Gasteiger partial charge < -0.3 is 9.47 Å². The van der Waals surface area contributed by atoms with Crippen molar-refractivity contribution in [3.8, 4) is 11.5 Å². The van der Waals surface area contributed by atoms with Crippen LogP contribution in [0.3, 0.4) is 0 Å². The predicted molar refractivity (Wildman–Crippen MR) is 117 cm³/mol. The van der Waals surface area contributed by atoms with Crippen molar-refractivity contribution in [3.63, 3.8) is 0 Å². The van der Waals surface area contributed by atoms with E-state index in [4.69, 9.17) is 9.47 Å². The maximum atomic E-state index is 13.3. The van der Waals surface area contributed by atoms with Crippen molar-refractivity contribution in [1.29, 1.82) is 0 Å². The van der Waals surface area contributed by atoms with Crippen molar-refractivity contribution < 1.29 is 27.6 Å². The first-order valence-electron chi connectivity index (χ1n) is 9.38. The number of amides is 1. The molecular weight excluding hydrogens is 436 g/mol. The molecule has 0 atom stereocenters. The second kappa shape index (κ2) is 9.48. The van der Waals surface area contributed by atoms with Crippen molar-refractivity contribution in [2.24, 2.45) is 0 Å². The number of methoxy groups -OCH3 is 1. The van der Waals surface area contributed by atoms with E-state index in [1.54, 1.807) is 12.1 Å². The highest BCUT2D eigenvalue weighted by atomic mass is 32.2. The Balaban J connectivity index is 1.91. The Morgan fingerprint density at radius 2 is 1.50 bits per heavy atom. The van der Waals surface area contributed by atoms with E-state index in [-0.39, 0.29) is 22.0 Å². The Morgan fingerprint density at radius 1 is 0.938 bits per heavy atom. The molecule has 3 aromatic carbocycles. The van der Waals surface area contributed by atoms with Crippen molar-refractivity contribution in [1.82, 2.24) is 0 Å². The molecule has 10 heteroatoms. The number of nitrogens with zero attached hydrogens (tertiary/aromatic N) is 2. The van der Waals surface area contributed by atoms with Gasteiger partial charge in [-0.15, -0.1) is 0 Å². The second-order valence-corrected chi connectivity index (χ2v) is 8.50. The van der Waals surface area contributed by atoms with E-state index in [0.29, 0.717) is 10.1 Å². The molecule has 1 amide bonds. The van der Waals surface area contributed by atoms with Crippen LogP contribution in [0.4, 0.5) is 11.4 Å². The van der Waals surface area contributed by atoms with Gasteiger partial charge >= 0.3 is 0 Å². The molecule has 3 aromatic rings. The van der Waals surface area contributed by atoms with Gasteiger partial charge in [0.1, 0.15) is 11.5 Å². The number of carbonyl (C=O) groups excluding carboxylic acids is 1. The van der Waals surface area contributed by atoms with Crippen molar-refractivity contribution in [2.45, 2.75) is 11.8 Å². The summed E-state index contributed by atoms with van der Waals surface area (Å²) in [6.07, 6.45) is 0. The van der Waals surface area contributed by atoms with Crippen LogP contribution < -0.4 is 13.8 Å². The van der Waals surface area contributed by atoms with E-state index < -0.39 is 27.5 Å². The zero-order valence-electron chi connectivity index (χ0n) is 17.3. The number of ether oxygens (including phenoxy) is 2.